The Balaban J connectivity index is 1.34. The first kappa shape index (κ1) is 18.9. The highest BCUT2D eigenvalue weighted by Gasteiger charge is 2.13. The van der Waals surface area contributed by atoms with Crippen LogP contribution in [0.1, 0.15) is 9.67 Å². The number of ether oxygens (including phenoxy) is 1. The highest BCUT2D eigenvalue weighted by molar-refractivity contribution is 7.12. The summed E-state index contributed by atoms with van der Waals surface area (Å²) in [6, 6.07) is 12.2. The van der Waals surface area contributed by atoms with E-state index in [1.54, 1.807) is 4.68 Å². The lowest BCUT2D eigenvalue weighted by Gasteiger charge is -2.26. The Morgan fingerprint density at radius 2 is 1.89 bits per heavy atom. The molecule has 146 valence electrons. The molecule has 0 radical (unpaired) electrons. The smallest absolute Gasteiger partial charge is 0.261 e. The second-order valence-electron chi connectivity index (χ2n) is 6.86. The summed E-state index contributed by atoms with van der Waals surface area (Å²) in [4.78, 5) is 15.5. The van der Waals surface area contributed by atoms with E-state index in [4.69, 9.17) is 4.74 Å². The molecule has 0 unspecified atom stereocenters. The van der Waals surface area contributed by atoms with Crippen LogP contribution in [-0.2, 0) is 11.8 Å². The third-order valence-electron chi connectivity index (χ3n) is 4.87. The fourth-order valence-electron chi connectivity index (χ4n) is 3.25. The molecule has 6 nitrogen and oxygen atoms in total. The zero-order chi connectivity index (χ0) is 19.3. The Kier molecular flexibility index (Phi) is 5.85. The molecule has 3 heterocycles. The minimum Gasteiger partial charge on any atom is -0.379 e. The fourth-order valence-corrected chi connectivity index (χ4v) is 4.08. The Morgan fingerprint density at radius 3 is 2.61 bits per heavy atom. The molecular formula is C21H24N4O2S. The van der Waals surface area contributed by atoms with Crippen LogP contribution >= 0.6 is 11.3 Å². The van der Waals surface area contributed by atoms with Crippen LogP contribution in [0.5, 0.6) is 0 Å². The maximum atomic E-state index is 12.4. The number of aromatic nitrogens is 2. The molecule has 1 aliphatic rings. The van der Waals surface area contributed by atoms with Gasteiger partial charge in [-0.1, -0.05) is 24.3 Å². The van der Waals surface area contributed by atoms with Crippen molar-refractivity contribution in [1.29, 1.82) is 0 Å². The molecule has 7 heteroatoms. The van der Waals surface area contributed by atoms with Gasteiger partial charge in [-0.05, 0) is 28.6 Å². The molecule has 1 amide bonds. The van der Waals surface area contributed by atoms with Gasteiger partial charge in [0.15, 0.2) is 0 Å². The van der Waals surface area contributed by atoms with Gasteiger partial charge >= 0.3 is 0 Å². The van der Waals surface area contributed by atoms with Gasteiger partial charge in [-0.3, -0.25) is 14.4 Å². The van der Waals surface area contributed by atoms with Crippen LogP contribution in [0.4, 0.5) is 0 Å². The Morgan fingerprint density at radius 1 is 1.14 bits per heavy atom. The number of nitrogens with one attached hydrogen (secondary N) is 1. The Bertz CT molecular complexity index is 926. The maximum absolute atomic E-state index is 12.4. The van der Waals surface area contributed by atoms with Crippen molar-refractivity contribution in [2.24, 2.45) is 7.05 Å². The van der Waals surface area contributed by atoms with E-state index < -0.39 is 0 Å². The second kappa shape index (κ2) is 8.68. The van der Waals surface area contributed by atoms with Gasteiger partial charge in [-0.15, -0.1) is 11.3 Å². The summed E-state index contributed by atoms with van der Waals surface area (Å²) >= 11 is 1.48. The molecule has 1 aromatic carbocycles. The van der Waals surface area contributed by atoms with Crippen molar-refractivity contribution in [3.05, 3.63) is 52.9 Å². The van der Waals surface area contributed by atoms with E-state index in [-0.39, 0.29) is 5.91 Å². The highest BCUT2D eigenvalue weighted by atomic mass is 32.1. The topological polar surface area (TPSA) is 59.4 Å². The van der Waals surface area contributed by atoms with Gasteiger partial charge < -0.3 is 10.1 Å². The monoisotopic (exact) mass is 396 g/mol. The molecule has 28 heavy (non-hydrogen) atoms. The van der Waals surface area contributed by atoms with Gasteiger partial charge in [0.2, 0.25) is 0 Å². The molecule has 1 N–H and O–H groups in total. The van der Waals surface area contributed by atoms with Crippen LogP contribution in [-0.4, -0.2) is 60.0 Å². The summed E-state index contributed by atoms with van der Waals surface area (Å²) < 4.78 is 7.14. The van der Waals surface area contributed by atoms with Crippen LogP contribution in [0.25, 0.3) is 22.4 Å². The zero-order valence-electron chi connectivity index (χ0n) is 15.9. The summed E-state index contributed by atoms with van der Waals surface area (Å²) in [5.41, 5.74) is 4.21. The molecule has 1 aliphatic heterocycles. The average molecular weight is 397 g/mol. The molecule has 3 aromatic rings. The summed E-state index contributed by atoms with van der Waals surface area (Å²) in [7, 11) is 1.91. The minimum atomic E-state index is -0.00499. The number of aryl methyl sites for hydroxylation is 1. The first-order valence-corrected chi connectivity index (χ1v) is 10.3. The molecule has 0 aliphatic carbocycles. The molecule has 1 saturated heterocycles. The van der Waals surface area contributed by atoms with Crippen molar-refractivity contribution in [2.45, 2.75) is 0 Å². The Labute approximate surface area is 168 Å². The van der Waals surface area contributed by atoms with E-state index >= 15 is 0 Å². The number of hydrogen-bond acceptors (Lipinski definition) is 5. The zero-order valence-corrected chi connectivity index (χ0v) is 16.7. The second-order valence-corrected chi connectivity index (χ2v) is 7.77. The lowest BCUT2D eigenvalue weighted by molar-refractivity contribution is 0.0383. The van der Waals surface area contributed by atoms with Crippen molar-refractivity contribution >= 4 is 17.2 Å². The Hall–Kier alpha value is -2.48. The third kappa shape index (κ3) is 4.49. The van der Waals surface area contributed by atoms with Gasteiger partial charge in [-0.25, -0.2) is 0 Å². The standard InChI is InChI=1S/C21H24N4O2S/c1-24-8-6-19(23-24)17-4-2-16(3-5-17)18-14-20(28-15-18)21(26)22-7-9-25-10-12-27-13-11-25/h2-6,8,14-15H,7,9-13H2,1H3,(H,22,26). The van der Waals surface area contributed by atoms with Gasteiger partial charge in [0, 0.05) is 45.0 Å². The van der Waals surface area contributed by atoms with Crippen LogP contribution in [0.3, 0.4) is 0 Å². The summed E-state index contributed by atoms with van der Waals surface area (Å²) in [6.45, 7) is 4.96. The fraction of sp³-hybridized carbons (Fsp3) is 0.333. The van der Waals surface area contributed by atoms with Crippen LogP contribution in [0, 0.1) is 0 Å². The SMILES string of the molecule is Cn1ccc(-c2ccc(-c3csc(C(=O)NCCN4CCOCC4)c3)cc2)n1. The molecule has 1 fully saturated rings. The average Bonchev–Trinajstić information content (AvgIpc) is 3.38. The first-order chi connectivity index (χ1) is 13.7. The number of rotatable bonds is 6. The van der Waals surface area contributed by atoms with E-state index in [9.17, 15) is 4.79 Å². The van der Waals surface area contributed by atoms with Crippen molar-refractivity contribution in [3.63, 3.8) is 0 Å². The van der Waals surface area contributed by atoms with Crippen molar-refractivity contribution in [1.82, 2.24) is 20.0 Å². The molecule has 2 aromatic heterocycles. The van der Waals surface area contributed by atoms with Gasteiger partial charge in [0.05, 0.1) is 23.8 Å². The maximum Gasteiger partial charge on any atom is 0.261 e. The number of hydrogen-bond donors (Lipinski definition) is 1. The third-order valence-corrected chi connectivity index (χ3v) is 5.80. The number of thiophene rings is 1. The molecule has 0 spiro atoms. The molecule has 0 bridgehead atoms. The van der Waals surface area contributed by atoms with Crippen LogP contribution in [0.15, 0.2) is 48.0 Å². The quantitative estimate of drug-likeness (QED) is 0.696. The molecule has 0 atom stereocenters. The van der Waals surface area contributed by atoms with Crippen molar-refractivity contribution in [3.8, 4) is 22.4 Å². The van der Waals surface area contributed by atoms with Crippen molar-refractivity contribution < 1.29 is 9.53 Å². The minimum absolute atomic E-state index is 0.00499. The largest absolute Gasteiger partial charge is 0.379 e. The normalized spacial score (nSPS) is 14.9. The highest BCUT2D eigenvalue weighted by Crippen LogP contribution is 2.28. The summed E-state index contributed by atoms with van der Waals surface area (Å²) in [5.74, 6) is -0.00499. The van der Waals surface area contributed by atoms with E-state index in [1.165, 1.54) is 11.3 Å². The summed E-state index contributed by atoms with van der Waals surface area (Å²) in [6.07, 6.45) is 1.94. The lowest BCUT2D eigenvalue weighted by atomic mass is 10.1. The number of carbonyl (C=O) groups is 1. The number of carbonyl (C=O) groups excluding carboxylic acids is 1. The van der Waals surface area contributed by atoms with E-state index in [0.29, 0.717) is 6.54 Å². The van der Waals surface area contributed by atoms with Crippen LogP contribution in [0.2, 0.25) is 0 Å². The number of nitrogens with zero attached hydrogens (tertiary/aromatic N) is 3. The van der Waals surface area contributed by atoms with Crippen molar-refractivity contribution in [2.75, 3.05) is 39.4 Å². The van der Waals surface area contributed by atoms with Crippen LogP contribution < -0.4 is 5.32 Å². The predicted octanol–water partition coefficient (Wildman–Crippen LogP) is 2.88. The van der Waals surface area contributed by atoms with Gasteiger partial charge in [0.1, 0.15) is 0 Å². The van der Waals surface area contributed by atoms with E-state index in [1.807, 2.05) is 30.8 Å². The molecule has 4 rings (SSSR count). The summed E-state index contributed by atoms with van der Waals surface area (Å²) in [5, 5.41) is 9.49. The lowest BCUT2D eigenvalue weighted by Crippen LogP contribution is -2.41. The predicted molar refractivity (Wildman–Crippen MR) is 112 cm³/mol. The van der Waals surface area contributed by atoms with Gasteiger partial charge in [0.25, 0.3) is 5.91 Å². The molecule has 0 saturated carbocycles. The number of amides is 1. The van der Waals surface area contributed by atoms with Gasteiger partial charge in [-0.2, -0.15) is 5.10 Å². The first-order valence-electron chi connectivity index (χ1n) is 9.46. The van der Waals surface area contributed by atoms with E-state index in [2.05, 4.69) is 39.6 Å². The molecular weight excluding hydrogens is 372 g/mol. The van der Waals surface area contributed by atoms with E-state index in [0.717, 1.165) is 60.1 Å². The number of morpholine rings is 1. The number of benzene rings is 1.